The standard InChI is InChI=1S/C21H25N3O4/c1-15(2)12-20(25)24-22-13-16-4-8-19(9-5-16)28-14-21(26)23-17-6-10-18(27-3)11-7-17/h4-11,13,15H,12,14H2,1-3H3,(H,23,26)(H,24,25)/b22-13+. The third-order valence-electron chi connectivity index (χ3n) is 3.62. The Morgan fingerprint density at radius 1 is 1.00 bits per heavy atom. The molecule has 0 heterocycles. The van der Waals surface area contributed by atoms with Crippen molar-refractivity contribution in [3.8, 4) is 11.5 Å². The zero-order valence-corrected chi connectivity index (χ0v) is 16.3. The predicted molar refractivity (Wildman–Crippen MR) is 109 cm³/mol. The van der Waals surface area contributed by atoms with Gasteiger partial charge in [0.1, 0.15) is 11.5 Å². The van der Waals surface area contributed by atoms with Gasteiger partial charge in [0.15, 0.2) is 6.61 Å². The molecule has 2 aromatic carbocycles. The van der Waals surface area contributed by atoms with Crippen molar-refractivity contribution in [1.82, 2.24) is 5.43 Å². The summed E-state index contributed by atoms with van der Waals surface area (Å²) in [6.07, 6.45) is 1.99. The zero-order valence-electron chi connectivity index (χ0n) is 16.3. The Balaban J connectivity index is 1.77. The highest BCUT2D eigenvalue weighted by atomic mass is 16.5. The van der Waals surface area contributed by atoms with Crippen molar-refractivity contribution < 1.29 is 19.1 Å². The molecule has 0 unspecified atom stereocenters. The second kappa shape index (κ2) is 10.7. The first-order valence-corrected chi connectivity index (χ1v) is 8.95. The van der Waals surface area contributed by atoms with Crippen molar-refractivity contribution >= 4 is 23.7 Å². The largest absolute Gasteiger partial charge is 0.497 e. The van der Waals surface area contributed by atoms with E-state index < -0.39 is 0 Å². The van der Waals surface area contributed by atoms with Gasteiger partial charge < -0.3 is 14.8 Å². The molecule has 0 aromatic heterocycles. The lowest BCUT2D eigenvalue weighted by Crippen LogP contribution is -2.20. The van der Waals surface area contributed by atoms with E-state index in [0.717, 1.165) is 11.3 Å². The first-order chi connectivity index (χ1) is 13.5. The van der Waals surface area contributed by atoms with E-state index in [9.17, 15) is 9.59 Å². The minimum Gasteiger partial charge on any atom is -0.497 e. The Kier molecular flexibility index (Phi) is 8.02. The van der Waals surface area contributed by atoms with Gasteiger partial charge in [0.05, 0.1) is 13.3 Å². The molecule has 2 aromatic rings. The van der Waals surface area contributed by atoms with Gasteiger partial charge in [-0.3, -0.25) is 9.59 Å². The number of benzene rings is 2. The maximum absolute atomic E-state index is 12.0. The van der Waals surface area contributed by atoms with Crippen LogP contribution < -0.4 is 20.2 Å². The fourth-order valence-electron chi connectivity index (χ4n) is 2.27. The van der Waals surface area contributed by atoms with E-state index in [-0.39, 0.29) is 24.3 Å². The van der Waals surface area contributed by atoms with Crippen LogP contribution in [0.5, 0.6) is 11.5 Å². The molecule has 0 radical (unpaired) electrons. The third-order valence-corrected chi connectivity index (χ3v) is 3.62. The van der Waals surface area contributed by atoms with Crippen molar-refractivity contribution in [3.63, 3.8) is 0 Å². The van der Waals surface area contributed by atoms with Crippen LogP contribution in [-0.2, 0) is 9.59 Å². The number of nitrogens with one attached hydrogen (secondary N) is 2. The topological polar surface area (TPSA) is 89.0 Å². The molecule has 7 heteroatoms. The first-order valence-electron chi connectivity index (χ1n) is 8.95. The van der Waals surface area contributed by atoms with Crippen LogP contribution in [0, 0.1) is 5.92 Å². The van der Waals surface area contributed by atoms with E-state index in [1.807, 2.05) is 13.8 Å². The van der Waals surface area contributed by atoms with E-state index in [0.29, 0.717) is 17.9 Å². The summed E-state index contributed by atoms with van der Waals surface area (Å²) in [5.74, 6) is 1.19. The Morgan fingerprint density at radius 2 is 1.64 bits per heavy atom. The molecule has 0 atom stereocenters. The molecule has 0 aliphatic heterocycles. The number of carbonyl (C=O) groups is 2. The number of ether oxygens (including phenoxy) is 2. The van der Waals surface area contributed by atoms with Gasteiger partial charge >= 0.3 is 0 Å². The molecule has 0 aliphatic carbocycles. The van der Waals surface area contributed by atoms with Gasteiger partial charge in [0, 0.05) is 12.1 Å². The molecule has 0 saturated heterocycles. The van der Waals surface area contributed by atoms with Crippen LogP contribution in [0.25, 0.3) is 0 Å². The number of anilines is 1. The SMILES string of the molecule is COc1ccc(NC(=O)COc2ccc(/C=N/NC(=O)CC(C)C)cc2)cc1. The highest BCUT2D eigenvalue weighted by Gasteiger charge is 2.05. The van der Waals surface area contributed by atoms with E-state index in [2.05, 4.69) is 15.8 Å². The number of methoxy groups -OCH3 is 1. The van der Waals surface area contributed by atoms with Crippen LogP contribution >= 0.6 is 0 Å². The minimum absolute atomic E-state index is 0.106. The van der Waals surface area contributed by atoms with Crippen molar-refractivity contribution in [2.24, 2.45) is 11.0 Å². The summed E-state index contributed by atoms with van der Waals surface area (Å²) in [6, 6.07) is 14.1. The van der Waals surface area contributed by atoms with Crippen LogP contribution in [0.2, 0.25) is 0 Å². The maximum Gasteiger partial charge on any atom is 0.262 e. The molecule has 28 heavy (non-hydrogen) atoms. The van der Waals surface area contributed by atoms with Gasteiger partial charge in [-0.2, -0.15) is 5.10 Å². The van der Waals surface area contributed by atoms with Crippen LogP contribution in [0.3, 0.4) is 0 Å². The van der Waals surface area contributed by atoms with Crippen molar-refractivity contribution in [2.75, 3.05) is 19.0 Å². The van der Waals surface area contributed by atoms with Gasteiger partial charge in [-0.1, -0.05) is 13.8 Å². The quantitative estimate of drug-likeness (QED) is 0.514. The highest BCUT2D eigenvalue weighted by molar-refractivity contribution is 5.92. The average molecular weight is 383 g/mol. The number of nitrogens with zero attached hydrogens (tertiary/aromatic N) is 1. The first kappa shape index (κ1) is 21.0. The number of hydrazone groups is 1. The van der Waals surface area contributed by atoms with Crippen LogP contribution in [0.15, 0.2) is 53.6 Å². The number of carbonyl (C=O) groups excluding carboxylic acids is 2. The fourth-order valence-corrected chi connectivity index (χ4v) is 2.27. The number of amides is 2. The monoisotopic (exact) mass is 383 g/mol. The van der Waals surface area contributed by atoms with Crippen LogP contribution in [0.1, 0.15) is 25.8 Å². The van der Waals surface area contributed by atoms with E-state index in [1.54, 1.807) is 61.9 Å². The second-order valence-corrected chi connectivity index (χ2v) is 6.53. The summed E-state index contributed by atoms with van der Waals surface area (Å²) < 4.78 is 10.5. The molecule has 0 fully saturated rings. The van der Waals surface area contributed by atoms with Crippen LogP contribution in [-0.4, -0.2) is 31.7 Å². The summed E-state index contributed by atoms with van der Waals surface area (Å²) in [4.78, 5) is 23.5. The van der Waals surface area contributed by atoms with Crippen molar-refractivity contribution in [2.45, 2.75) is 20.3 Å². The molecule has 148 valence electrons. The van der Waals surface area contributed by atoms with E-state index in [1.165, 1.54) is 0 Å². The molecule has 2 rings (SSSR count). The molecule has 0 bridgehead atoms. The molecule has 0 spiro atoms. The Labute approximate surface area is 164 Å². The number of hydrogen-bond acceptors (Lipinski definition) is 5. The van der Waals surface area contributed by atoms with Crippen molar-refractivity contribution in [3.05, 3.63) is 54.1 Å². The predicted octanol–water partition coefficient (Wildman–Crippen LogP) is 3.21. The molecule has 7 nitrogen and oxygen atoms in total. The maximum atomic E-state index is 12.0. The third kappa shape index (κ3) is 7.49. The van der Waals surface area contributed by atoms with E-state index >= 15 is 0 Å². The number of rotatable bonds is 9. The fraction of sp³-hybridized carbons (Fsp3) is 0.286. The van der Waals surface area contributed by atoms with Gasteiger partial charge in [0.2, 0.25) is 5.91 Å². The summed E-state index contributed by atoms with van der Waals surface area (Å²) in [7, 11) is 1.58. The Morgan fingerprint density at radius 3 is 2.25 bits per heavy atom. The Hall–Kier alpha value is -3.35. The lowest BCUT2D eigenvalue weighted by molar-refractivity contribution is -0.121. The molecule has 0 saturated carbocycles. The summed E-state index contributed by atoms with van der Waals surface area (Å²) in [6.45, 7) is 3.84. The molecular weight excluding hydrogens is 358 g/mol. The lowest BCUT2D eigenvalue weighted by atomic mass is 10.1. The second-order valence-electron chi connectivity index (χ2n) is 6.53. The van der Waals surface area contributed by atoms with Crippen LogP contribution in [0.4, 0.5) is 5.69 Å². The summed E-state index contributed by atoms with van der Waals surface area (Å²) >= 11 is 0. The summed E-state index contributed by atoms with van der Waals surface area (Å²) in [5, 5.41) is 6.67. The average Bonchev–Trinajstić information content (AvgIpc) is 2.67. The van der Waals surface area contributed by atoms with Gasteiger partial charge in [-0.05, 0) is 60.0 Å². The normalized spacial score (nSPS) is 10.7. The van der Waals surface area contributed by atoms with Gasteiger partial charge in [-0.25, -0.2) is 5.43 Å². The minimum atomic E-state index is -0.260. The number of hydrogen-bond donors (Lipinski definition) is 2. The molecule has 2 amide bonds. The summed E-state index contributed by atoms with van der Waals surface area (Å²) in [5.41, 5.74) is 3.96. The van der Waals surface area contributed by atoms with E-state index in [4.69, 9.17) is 9.47 Å². The molecular formula is C21H25N3O4. The highest BCUT2D eigenvalue weighted by Crippen LogP contribution is 2.15. The smallest absolute Gasteiger partial charge is 0.262 e. The van der Waals surface area contributed by atoms with Crippen molar-refractivity contribution in [1.29, 1.82) is 0 Å². The molecule has 2 N–H and O–H groups in total. The Bertz CT molecular complexity index is 799. The van der Waals surface area contributed by atoms with Gasteiger partial charge in [-0.15, -0.1) is 0 Å². The van der Waals surface area contributed by atoms with Gasteiger partial charge in [0.25, 0.3) is 5.91 Å². The molecule has 0 aliphatic rings. The lowest BCUT2D eigenvalue weighted by Gasteiger charge is -2.08. The zero-order chi connectivity index (χ0) is 20.4.